The van der Waals surface area contributed by atoms with E-state index in [0.717, 1.165) is 38.8 Å². The van der Waals surface area contributed by atoms with Crippen LogP contribution >= 0.6 is 0 Å². The normalized spacial score (nSPS) is 12.5. The first-order chi connectivity index (χ1) is 13.7. The number of hydrogen-bond donors (Lipinski definition) is 0. The van der Waals surface area contributed by atoms with Crippen LogP contribution in [-0.4, -0.2) is 25.0 Å². The van der Waals surface area contributed by atoms with Gasteiger partial charge in [-0.05, 0) is 54.8 Å². The van der Waals surface area contributed by atoms with Crippen molar-refractivity contribution >= 4 is 21.9 Å². The van der Waals surface area contributed by atoms with E-state index in [9.17, 15) is 0 Å². The van der Waals surface area contributed by atoms with Crippen LogP contribution in [0, 0.1) is 6.92 Å². The minimum atomic E-state index is 0.0728. The zero-order valence-corrected chi connectivity index (χ0v) is 15.7. The zero-order chi connectivity index (χ0) is 19.1. The molecule has 0 amide bonds. The van der Waals surface area contributed by atoms with E-state index in [4.69, 9.17) is 0 Å². The summed E-state index contributed by atoms with van der Waals surface area (Å²) in [6.07, 6.45) is 3.64. The number of rotatable bonds is 3. The lowest BCUT2D eigenvalue weighted by atomic mass is 10.0. The van der Waals surface area contributed by atoms with Crippen LogP contribution in [0.2, 0.25) is 0 Å². The van der Waals surface area contributed by atoms with E-state index in [2.05, 4.69) is 75.7 Å². The number of pyridine rings is 2. The van der Waals surface area contributed by atoms with E-state index in [0.29, 0.717) is 0 Å². The van der Waals surface area contributed by atoms with Crippen molar-refractivity contribution in [3.63, 3.8) is 0 Å². The maximum absolute atomic E-state index is 4.58. The van der Waals surface area contributed by atoms with Crippen molar-refractivity contribution < 1.29 is 0 Å². The Morgan fingerprint density at radius 3 is 2.50 bits per heavy atom. The number of benzene rings is 2. The summed E-state index contributed by atoms with van der Waals surface area (Å²) in [6, 6.07) is 20.9. The maximum atomic E-state index is 4.58. The first kappa shape index (κ1) is 16.6. The molecule has 2 aromatic carbocycles. The van der Waals surface area contributed by atoms with Gasteiger partial charge in [-0.3, -0.25) is 9.97 Å². The van der Waals surface area contributed by atoms with E-state index in [-0.39, 0.29) is 6.04 Å². The molecule has 3 heterocycles. The van der Waals surface area contributed by atoms with Crippen LogP contribution in [-0.2, 0) is 0 Å². The topological polar surface area (TPSA) is 56.5 Å². The number of aryl methyl sites for hydroxylation is 1. The summed E-state index contributed by atoms with van der Waals surface area (Å²) in [5.74, 6) is 0. The molecular weight excluding hydrogens is 346 g/mol. The molecule has 3 aromatic heterocycles. The molecule has 0 fully saturated rings. The molecule has 0 bridgehead atoms. The second-order valence-electron chi connectivity index (χ2n) is 7.03. The second-order valence-corrected chi connectivity index (χ2v) is 7.03. The molecule has 5 rings (SSSR count). The van der Waals surface area contributed by atoms with Gasteiger partial charge in [-0.1, -0.05) is 41.6 Å². The van der Waals surface area contributed by atoms with Crippen molar-refractivity contribution in [3.05, 3.63) is 84.3 Å². The van der Waals surface area contributed by atoms with Crippen molar-refractivity contribution in [1.29, 1.82) is 0 Å². The fraction of sp³-hybridized carbons (Fsp3) is 0.130. The van der Waals surface area contributed by atoms with Gasteiger partial charge in [0.2, 0.25) is 0 Å². The van der Waals surface area contributed by atoms with Gasteiger partial charge < -0.3 is 0 Å². The molecule has 5 aromatic rings. The summed E-state index contributed by atoms with van der Waals surface area (Å²) in [5.41, 5.74) is 7.21. The van der Waals surface area contributed by atoms with Crippen LogP contribution in [0.4, 0.5) is 0 Å². The number of aromatic nitrogens is 5. The highest BCUT2D eigenvalue weighted by Gasteiger charge is 2.16. The van der Waals surface area contributed by atoms with E-state index in [1.165, 1.54) is 5.56 Å². The molecule has 0 aliphatic rings. The van der Waals surface area contributed by atoms with Crippen LogP contribution in [0.25, 0.3) is 33.1 Å². The van der Waals surface area contributed by atoms with Crippen LogP contribution < -0.4 is 0 Å². The van der Waals surface area contributed by atoms with Crippen LogP contribution in [0.1, 0.15) is 24.2 Å². The van der Waals surface area contributed by atoms with Gasteiger partial charge in [0.1, 0.15) is 11.0 Å². The van der Waals surface area contributed by atoms with Gasteiger partial charge >= 0.3 is 0 Å². The molecule has 0 saturated carbocycles. The molecule has 0 aliphatic carbocycles. The van der Waals surface area contributed by atoms with Gasteiger partial charge in [-0.25, -0.2) is 4.68 Å². The Labute approximate surface area is 162 Å². The summed E-state index contributed by atoms with van der Waals surface area (Å²) >= 11 is 0. The quantitative estimate of drug-likeness (QED) is 0.453. The summed E-state index contributed by atoms with van der Waals surface area (Å²) in [6.45, 7) is 4.15. The third-order valence-electron chi connectivity index (χ3n) is 5.18. The van der Waals surface area contributed by atoms with Crippen molar-refractivity contribution in [2.75, 3.05) is 0 Å². The lowest BCUT2D eigenvalue weighted by molar-refractivity contribution is 0.561. The van der Waals surface area contributed by atoms with Crippen molar-refractivity contribution in [2.45, 2.75) is 19.9 Å². The molecule has 0 aliphatic heterocycles. The average molecular weight is 365 g/mol. The molecule has 5 heteroatoms. The molecule has 1 atom stereocenters. The van der Waals surface area contributed by atoms with E-state index >= 15 is 0 Å². The molecular formula is C23H19N5. The predicted molar refractivity (Wildman–Crippen MR) is 111 cm³/mol. The molecule has 0 saturated heterocycles. The van der Waals surface area contributed by atoms with Gasteiger partial charge in [0, 0.05) is 17.3 Å². The minimum absolute atomic E-state index is 0.0728. The Balaban J connectivity index is 1.74. The highest BCUT2D eigenvalue weighted by molar-refractivity contribution is 6.03. The Morgan fingerprint density at radius 1 is 0.857 bits per heavy atom. The predicted octanol–water partition coefficient (Wildman–Crippen LogP) is 4.96. The third kappa shape index (κ3) is 2.72. The number of fused-ring (bicyclic) bond motifs is 3. The molecule has 136 valence electrons. The SMILES string of the molecule is Cc1cc(-c2ccc3ncc4nnn([C@@H](C)c5ccccc5)c4c3c2)ccn1. The standard InChI is InChI=1S/C23H19N5/c1-15-12-19(10-11-24-15)18-8-9-21-20(13-18)23-22(14-25-21)26-27-28(23)16(2)17-6-4-3-5-7-17/h3-14,16H,1-2H3/t16-/m0/s1. The van der Waals surface area contributed by atoms with Gasteiger partial charge in [-0.15, -0.1) is 5.10 Å². The zero-order valence-electron chi connectivity index (χ0n) is 15.7. The highest BCUT2D eigenvalue weighted by Crippen LogP contribution is 2.30. The van der Waals surface area contributed by atoms with Gasteiger partial charge in [-0.2, -0.15) is 0 Å². The number of nitrogens with zero attached hydrogens (tertiary/aromatic N) is 5. The second kappa shape index (κ2) is 6.53. The van der Waals surface area contributed by atoms with Gasteiger partial charge in [0.05, 0.1) is 17.8 Å². The Hall–Kier alpha value is -3.60. The Kier molecular flexibility index (Phi) is 3.86. The van der Waals surface area contributed by atoms with Crippen molar-refractivity contribution in [1.82, 2.24) is 25.0 Å². The molecule has 28 heavy (non-hydrogen) atoms. The monoisotopic (exact) mass is 365 g/mol. The van der Waals surface area contributed by atoms with Gasteiger partial charge in [0.15, 0.2) is 0 Å². The first-order valence-electron chi connectivity index (χ1n) is 9.32. The van der Waals surface area contributed by atoms with E-state index < -0.39 is 0 Å². The fourth-order valence-corrected chi connectivity index (χ4v) is 3.67. The Bertz CT molecular complexity index is 1290. The van der Waals surface area contributed by atoms with E-state index in [1.807, 2.05) is 29.9 Å². The fourth-order valence-electron chi connectivity index (χ4n) is 3.67. The average Bonchev–Trinajstić information content (AvgIpc) is 3.18. The van der Waals surface area contributed by atoms with Crippen molar-refractivity contribution in [2.24, 2.45) is 0 Å². The van der Waals surface area contributed by atoms with Gasteiger partial charge in [0.25, 0.3) is 0 Å². The third-order valence-corrected chi connectivity index (χ3v) is 5.18. The smallest absolute Gasteiger partial charge is 0.132 e. The lowest BCUT2D eigenvalue weighted by Gasteiger charge is -2.14. The molecule has 0 spiro atoms. The number of hydrogen-bond acceptors (Lipinski definition) is 4. The Morgan fingerprint density at radius 2 is 1.68 bits per heavy atom. The first-order valence-corrected chi connectivity index (χ1v) is 9.32. The van der Waals surface area contributed by atoms with E-state index in [1.54, 1.807) is 6.20 Å². The molecule has 5 nitrogen and oxygen atoms in total. The maximum Gasteiger partial charge on any atom is 0.132 e. The van der Waals surface area contributed by atoms with Crippen LogP contribution in [0.3, 0.4) is 0 Å². The summed E-state index contributed by atoms with van der Waals surface area (Å²) in [7, 11) is 0. The molecule has 0 N–H and O–H groups in total. The highest BCUT2D eigenvalue weighted by atomic mass is 15.4. The lowest BCUT2D eigenvalue weighted by Crippen LogP contribution is -2.08. The van der Waals surface area contributed by atoms with Crippen molar-refractivity contribution in [3.8, 4) is 11.1 Å². The van der Waals surface area contributed by atoms with Crippen LogP contribution in [0.5, 0.6) is 0 Å². The molecule has 0 radical (unpaired) electrons. The van der Waals surface area contributed by atoms with Crippen LogP contribution in [0.15, 0.2) is 73.1 Å². The summed E-state index contributed by atoms with van der Waals surface area (Å²) in [5, 5.41) is 9.88. The summed E-state index contributed by atoms with van der Waals surface area (Å²) in [4.78, 5) is 8.88. The summed E-state index contributed by atoms with van der Waals surface area (Å²) < 4.78 is 2.00. The largest absolute Gasteiger partial charge is 0.262 e. The minimum Gasteiger partial charge on any atom is -0.262 e. The molecule has 0 unspecified atom stereocenters.